The molecular weight excluding hydrogens is 631 g/mol. The number of benzene rings is 2. The highest BCUT2D eigenvalue weighted by Gasteiger charge is 2.59. The van der Waals surface area contributed by atoms with E-state index in [1.165, 1.54) is 6.07 Å². The first-order chi connectivity index (χ1) is 22.8. The normalized spacial score (nSPS) is 23.6. The lowest BCUT2D eigenvalue weighted by Crippen LogP contribution is -2.61. The van der Waals surface area contributed by atoms with E-state index in [2.05, 4.69) is 4.98 Å². The first kappa shape index (κ1) is 32.3. The molecule has 48 heavy (non-hydrogen) atoms. The summed E-state index contributed by atoms with van der Waals surface area (Å²) in [4.78, 5) is 33.2. The third kappa shape index (κ3) is 5.77. The van der Waals surface area contributed by atoms with Gasteiger partial charge in [0, 0.05) is 56.2 Å². The number of pyridine rings is 1. The first-order valence-corrected chi connectivity index (χ1v) is 16.5. The lowest BCUT2D eigenvalue weighted by molar-refractivity contribution is -0.185. The van der Waals surface area contributed by atoms with Crippen molar-refractivity contribution < 1.29 is 36.3 Å². The van der Waals surface area contributed by atoms with Gasteiger partial charge in [-0.25, -0.2) is 13.8 Å². The molecule has 4 aliphatic rings. The molecule has 0 bridgehead atoms. The smallest absolute Gasteiger partial charge is 0.417 e. The second kappa shape index (κ2) is 12.0. The SMILES string of the molecule is NC(=O)[C@@H]1C(C2CCCC2)CCN1C(=O)c1ccc(-c2ccc3c(c2)CC(F)(F)C2(CCN(c4ccc(C(F)(F)F)cn4)CC2)O3)cc1. The van der Waals surface area contributed by atoms with E-state index in [9.17, 15) is 22.8 Å². The Hall–Kier alpha value is -4.22. The van der Waals surface area contributed by atoms with Gasteiger partial charge < -0.3 is 20.3 Å². The molecule has 1 aliphatic carbocycles. The van der Waals surface area contributed by atoms with Crippen molar-refractivity contribution in [2.75, 3.05) is 24.5 Å². The van der Waals surface area contributed by atoms with Crippen LogP contribution in [0.2, 0.25) is 0 Å². The van der Waals surface area contributed by atoms with Crippen LogP contribution in [0, 0.1) is 11.8 Å². The van der Waals surface area contributed by atoms with E-state index in [-0.39, 0.29) is 37.8 Å². The second-order valence-electron chi connectivity index (χ2n) is 13.6. The van der Waals surface area contributed by atoms with Crippen molar-refractivity contribution in [3.05, 3.63) is 77.5 Å². The zero-order chi connectivity index (χ0) is 33.8. The van der Waals surface area contributed by atoms with Crippen LogP contribution in [0.3, 0.4) is 0 Å². The van der Waals surface area contributed by atoms with Crippen LogP contribution in [0.15, 0.2) is 60.8 Å². The number of ether oxygens (including phenoxy) is 1. The molecular formula is C36H37F5N4O3. The predicted octanol–water partition coefficient (Wildman–Crippen LogP) is 6.88. The van der Waals surface area contributed by atoms with E-state index < -0.39 is 41.6 Å². The van der Waals surface area contributed by atoms with Gasteiger partial charge in [0.05, 0.1) is 5.56 Å². The van der Waals surface area contributed by atoms with Crippen LogP contribution < -0.4 is 15.4 Å². The van der Waals surface area contributed by atoms with Crippen molar-refractivity contribution in [2.24, 2.45) is 17.6 Å². The Kier molecular flexibility index (Phi) is 8.10. The molecule has 2 atom stereocenters. The molecule has 7 rings (SSSR count). The highest BCUT2D eigenvalue weighted by molar-refractivity contribution is 5.98. The summed E-state index contributed by atoms with van der Waals surface area (Å²) < 4.78 is 76.5. The number of anilines is 1. The van der Waals surface area contributed by atoms with E-state index in [4.69, 9.17) is 10.5 Å². The van der Waals surface area contributed by atoms with Crippen LogP contribution in [0.5, 0.6) is 5.75 Å². The number of primary amides is 1. The summed E-state index contributed by atoms with van der Waals surface area (Å²) in [6.45, 7) is 0.802. The number of likely N-dealkylation sites (tertiary alicyclic amines) is 1. The fraction of sp³-hybridized carbons (Fsp3) is 0.472. The minimum atomic E-state index is -4.51. The number of alkyl halides is 5. The van der Waals surface area contributed by atoms with Crippen LogP contribution >= 0.6 is 0 Å². The summed E-state index contributed by atoms with van der Waals surface area (Å²) in [7, 11) is 0. The van der Waals surface area contributed by atoms with Gasteiger partial charge in [0.25, 0.3) is 11.8 Å². The third-order valence-electron chi connectivity index (χ3n) is 10.9. The molecule has 3 aromatic rings. The van der Waals surface area contributed by atoms with E-state index in [1.54, 1.807) is 52.3 Å². The lowest BCUT2D eigenvalue weighted by atomic mass is 9.79. The predicted molar refractivity (Wildman–Crippen MR) is 169 cm³/mol. The van der Waals surface area contributed by atoms with Gasteiger partial charge in [0.2, 0.25) is 5.91 Å². The Labute approximate surface area is 275 Å². The number of nitrogens with two attached hydrogens (primary N) is 1. The minimum Gasteiger partial charge on any atom is -0.481 e. The number of amides is 2. The van der Waals surface area contributed by atoms with E-state index in [0.717, 1.165) is 49.9 Å². The molecule has 3 fully saturated rings. The molecule has 2 N–H and O–H groups in total. The Morgan fingerprint density at radius 2 is 1.58 bits per heavy atom. The Morgan fingerprint density at radius 3 is 2.21 bits per heavy atom. The largest absolute Gasteiger partial charge is 0.481 e. The van der Waals surface area contributed by atoms with Gasteiger partial charge in [0.15, 0.2) is 5.60 Å². The maximum atomic E-state index is 15.8. The fourth-order valence-corrected chi connectivity index (χ4v) is 8.25. The van der Waals surface area contributed by atoms with Crippen molar-refractivity contribution >= 4 is 17.6 Å². The molecule has 254 valence electrons. The lowest BCUT2D eigenvalue weighted by Gasteiger charge is -2.48. The Morgan fingerprint density at radius 1 is 0.896 bits per heavy atom. The molecule has 2 aromatic carbocycles. The number of aromatic nitrogens is 1. The zero-order valence-corrected chi connectivity index (χ0v) is 26.3. The van der Waals surface area contributed by atoms with E-state index in [1.807, 2.05) is 0 Å². The van der Waals surface area contributed by atoms with Crippen molar-refractivity contribution in [1.29, 1.82) is 0 Å². The van der Waals surface area contributed by atoms with E-state index in [0.29, 0.717) is 40.7 Å². The molecule has 1 saturated carbocycles. The monoisotopic (exact) mass is 668 g/mol. The van der Waals surface area contributed by atoms with Crippen molar-refractivity contribution in [1.82, 2.24) is 9.88 Å². The number of carbonyl (C=O) groups excluding carboxylic acids is 2. The molecule has 12 heteroatoms. The average molecular weight is 669 g/mol. The van der Waals surface area contributed by atoms with Gasteiger partial charge in [-0.1, -0.05) is 43.9 Å². The number of carbonyl (C=O) groups is 2. The highest BCUT2D eigenvalue weighted by atomic mass is 19.4. The number of hydrogen-bond acceptors (Lipinski definition) is 5. The molecule has 2 saturated heterocycles. The number of nitrogens with zero attached hydrogens (tertiary/aromatic N) is 3. The van der Waals surface area contributed by atoms with Crippen LogP contribution in [0.25, 0.3) is 11.1 Å². The number of halogens is 5. The number of hydrogen-bond donors (Lipinski definition) is 1. The van der Waals surface area contributed by atoms with Gasteiger partial charge in [-0.15, -0.1) is 0 Å². The van der Waals surface area contributed by atoms with Gasteiger partial charge in [0.1, 0.15) is 17.6 Å². The average Bonchev–Trinajstić information content (AvgIpc) is 3.76. The van der Waals surface area contributed by atoms with Crippen LogP contribution in [0.1, 0.15) is 66.4 Å². The maximum absolute atomic E-state index is 15.8. The minimum absolute atomic E-state index is 0.0194. The standard InChI is InChI=1S/C36H37F5N4O3/c37-35(38)20-26-19-25(9-11-29(26)48-34(35)14-17-44(18-15-34)30-12-10-27(21-43-30)36(39,40)41)22-5-7-24(8-6-22)33(47)45-16-13-28(31(45)32(42)46)23-3-1-2-4-23/h5-12,19,21,23,28,31H,1-4,13-18,20H2,(H2,42,46)/t28?,31-/m0/s1. The molecule has 1 aromatic heterocycles. The molecule has 4 heterocycles. The van der Waals surface area contributed by atoms with E-state index >= 15 is 8.78 Å². The van der Waals surface area contributed by atoms with Crippen LogP contribution in [-0.2, 0) is 17.4 Å². The summed E-state index contributed by atoms with van der Waals surface area (Å²) in [5.41, 5.74) is 5.44. The molecule has 1 spiro atoms. The summed E-state index contributed by atoms with van der Waals surface area (Å²) in [6.07, 6.45) is 0.858. The number of rotatable bonds is 5. The quantitative estimate of drug-likeness (QED) is 0.300. The Balaban J connectivity index is 1.03. The van der Waals surface area contributed by atoms with Crippen molar-refractivity contribution in [3.63, 3.8) is 0 Å². The molecule has 2 amide bonds. The third-order valence-corrected chi connectivity index (χ3v) is 10.9. The van der Waals surface area contributed by atoms with Crippen molar-refractivity contribution in [3.8, 4) is 16.9 Å². The fourth-order valence-electron chi connectivity index (χ4n) is 8.25. The molecule has 0 radical (unpaired) electrons. The number of piperidine rings is 1. The first-order valence-electron chi connectivity index (χ1n) is 16.5. The topological polar surface area (TPSA) is 88.8 Å². The summed E-state index contributed by atoms with van der Waals surface area (Å²) in [6, 6.07) is 13.7. The van der Waals surface area contributed by atoms with Gasteiger partial charge in [-0.3, -0.25) is 9.59 Å². The van der Waals surface area contributed by atoms with Gasteiger partial charge in [-0.05, 0) is 65.8 Å². The molecule has 3 aliphatic heterocycles. The van der Waals surface area contributed by atoms with Gasteiger partial charge >= 0.3 is 6.18 Å². The van der Waals surface area contributed by atoms with Crippen LogP contribution in [-0.4, -0.2) is 58.9 Å². The maximum Gasteiger partial charge on any atom is 0.417 e. The summed E-state index contributed by atoms with van der Waals surface area (Å²) in [5, 5.41) is 0. The highest BCUT2D eigenvalue weighted by Crippen LogP contribution is 2.49. The molecule has 7 nitrogen and oxygen atoms in total. The van der Waals surface area contributed by atoms with Crippen LogP contribution in [0.4, 0.5) is 27.8 Å². The summed E-state index contributed by atoms with van der Waals surface area (Å²) in [5.74, 6) is -2.71. The molecule has 1 unspecified atom stereocenters. The van der Waals surface area contributed by atoms with Crippen molar-refractivity contribution in [2.45, 2.75) is 75.1 Å². The second-order valence-corrected chi connectivity index (χ2v) is 13.6. The van der Waals surface area contributed by atoms with Gasteiger partial charge in [-0.2, -0.15) is 13.2 Å². The Bertz CT molecular complexity index is 1680. The number of fused-ring (bicyclic) bond motifs is 1. The zero-order valence-electron chi connectivity index (χ0n) is 26.3. The summed E-state index contributed by atoms with van der Waals surface area (Å²) >= 11 is 0.